The van der Waals surface area contributed by atoms with Gasteiger partial charge in [-0.05, 0) is 19.9 Å². The number of anilines is 2. The van der Waals surface area contributed by atoms with E-state index < -0.39 is 0 Å². The van der Waals surface area contributed by atoms with Crippen LogP contribution in [0.15, 0.2) is 64.1 Å². The Morgan fingerprint density at radius 2 is 2.16 bits per heavy atom. The van der Waals surface area contributed by atoms with E-state index in [1.54, 1.807) is 29.3 Å². The van der Waals surface area contributed by atoms with Gasteiger partial charge < -0.3 is 15.6 Å². The molecule has 0 radical (unpaired) electrons. The molecule has 2 aromatic heterocycles. The lowest BCUT2D eigenvalue weighted by molar-refractivity contribution is -0.111. The topological polar surface area (TPSA) is 123 Å². The number of nitrogens with one attached hydrogen (secondary N) is 1. The minimum atomic E-state index is -0.313. The lowest BCUT2D eigenvalue weighted by Crippen LogP contribution is -2.20. The first-order valence-electron chi connectivity index (χ1n) is 9.97. The van der Waals surface area contributed by atoms with Gasteiger partial charge in [-0.3, -0.25) is 9.80 Å². The molecule has 1 unspecified atom stereocenters. The van der Waals surface area contributed by atoms with Crippen LogP contribution in [0.25, 0.3) is 0 Å². The fraction of sp³-hybridized carbons (Fsp3) is 0.227. The second-order valence-corrected chi connectivity index (χ2v) is 7.58. The summed E-state index contributed by atoms with van der Waals surface area (Å²) in [5.41, 5.74) is 8.95. The molecule has 4 rings (SSSR count). The zero-order valence-electron chi connectivity index (χ0n) is 17.6. The van der Waals surface area contributed by atoms with Crippen LogP contribution >= 0.6 is 0 Å². The number of carbonyl (C=O) groups excluding carboxylic acids is 1. The summed E-state index contributed by atoms with van der Waals surface area (Å²) >= 11 is 0. The molecule has 3 aromatic rings. The zero-order chi connectivity index (χ0) is 22.7. The van der Waals surface area contributed by atoms with Crippen LogP contribution in [0.3, 0.4) is 0 Å². The Balaban J connectivity index is 1.60. The highest BCUT2D eigenvalue weighted by molar-refractivity contribution is 6.02. The lowest BCUT2D eigenvalue weighted by Gasteiger charge is -2.21. The van der Waals surface area contributed by atoms with Crippen molar-refractivity contribution in [3.63, 3.8) is 0 Å². The molecule has 1 aromatic carbocycles. The van der Waals surface area contributed by atoms with Crippen LogP contribution in [-0.4, -0.2) is 31.8 Å². The predicted octanol–water partition coefficient (Wildman–Crippen LogP) is 3.44. The van der Waals surface area contributed by atoms with E-state index in [1.165, 1.54) is 24.6 Å². The summed E-state index contributed by atoms with van der Waals surface area (Å²) in [4.78, 5) is 20.6. The Hall–Kier alpha value is -4.08. The van der Waals surface area contributed by atoms with E-state index in [0.717, 1.165) is 5.57 Å². The maximum absolute atomic E-state index is 14.2. The zero-order valence-corrected chi connectivity index (χ0v) is 17.6. The van der Waals surface area contributed by atoms with Gasteiger partial charge in [-0.15, -0.1) is 0 Å². The Morgan fingerprint density at radius 3 is 2.84 bits per heavy atom. The second kappa shape index (κ2) is 8.96. The summed E-state index contributed by atoms with van der Waals surface area (Å²) < 4.78 is 19.2. The Morgan fingerprint density at radius 1 is 1.34 bits per heavy atom. The summed E-state index contributed by atoms with van der Waals surface area (Å²) in [6, 6.07) is 8.01. The number of amides is 1. The summed E-state index contributed by atoms with van der Waals surface area (Å²) in [6.07, 6.45) is 4.82. The first-order chi connectivity index (χ1) is 15.4. The summed E-state index contributed by atoms with van der Waals surface area (Å²) in [6.45, 7) is 3.87. The number of hydrazone groups is 1. The number of halogens is 1. The third-order valence-corrected chi connectivity index (χ3v) is 4.84. The number of aromatic nitrogens is 3. The molecule has 0 spiro atoms. The lowest BCUT2D eigenvalue weighted by atomic mass is 10.1. The first kappa shape index (κ1) is 21.2. The van der Waals surface area contributed by atoms with Gasteiger partial charge in [-0.25, -0.2) is 14.4 Å². The van der Waals surface area contributed by atoms with Crippen molar-refractivity contribution in [2.45, 2.75) is 32.9 Å². The number of rotatable bonds is 6. The van der Waals surface area contributed by atoms with E-state index >= 15 is 0 Å². The molecule has 0 saturated carbocycles. The average molecular weight is 435 g/mol. The molecule has 0 bridgehead atoms. The van der Waals surface area contributed by atoms with Gasteiger partial charge in [-0.1, -0.05) is 28.9 Å². The molecule has 9 nitrogen and oxygen atoms in total. The number of benzene rings is 1. The molecule has 0 saturated heterocycles. The summed E-state index contributed by atoms with van der Waals surface area (Å²) in [7, 11) is 0. The third kappa shape index (κ3) is 4.64. The first-order valence-corrected chi connectivity index (χ1v) is 9.97. The van der Waals surface area contributed by atoms with Crippen LogP contribution < -0.4 is 11.1 Å². The molecular weight excluding hydrogens is 413 g/mol. The standard InChI is InChI=1S/C22H22FN7O2/c1-13(2)9-20(31)26-18-11-25-22(27-21(18)24)17-10-19(16-7-8-32-29-16)30(28-17)12-14-5-3-4-6-15(14)23/h3-9,11,19H,10,12H2,1-2H3,(H,26,31)(H2,24,25,27). The van der Waals surface area contributed by atoms with E-state index in [0.29, 0.717) is 34.9 Å². The Labute approximate surface area is 183 Å². The number of allylic oxidation sites excluding steroid dienone is 1. The van der Waals surface area contributed by atoms with Gasteiger partial charge in [0.25, 0.3) is 0 Å². The molecule has 1 aliphatic rings. The molecule has 164 valence electrons. The van der Waals surface area contributed by atoms with E-state index in [-0.39, 0.29) is 30.1 Å². The highest BCUT2D eigenvalue weighted by atomic mass is 19.1. The van der Waals surface area contributed by atoms with Crippen molar-refractivity contribution in [3.8, 4) is 0 Å². The van der Waals surface area contributed by atoms with Crippen LogP contribution in [0.4, 0.5) is 15.9 Å². The van der Waals surface area contributed by atoms with Crippen LogP contribution in [0, 0.1) is 5.82 Å². The molecule has 3 heterocycles. The number of carbonyl (C=O) groups is 1. The van der Waals surface area contributed by atoms with E-state index in [9.17, 15) is 9.18 Å². The van der Waals surface area contributed by atoms with Crippen molar-refractivity contribution in [2.75, 3.05) is 11.1 Å². The van der Waals surface area contributed by atoms with Gasteiger partial charge in [0.1, 0.15) is 29.2 Å². The molecule has 10 heteroatoms. The van der Waals surface area contributed by atoms with Gasteiger partial charge in [0.05, 0.1) is 18.8 Å². The van der Waals surface area contributed by atoms with Crippen molar-refractivity contribution in [2.24, 2.45) is 5.10 Å². The molecule has 3 N–H and O–H groups in total. The Bertz CT molecular complexity index is 1190. The molecule has 0 aliphatic carbocycles. The van der Waals surface area contributed by atoms with Crippen LogP contribution in [0.1, 0.15) is 43.4 Å². The summed E-state index contributed by atoms with van der Waals surface area (Å²) in [5.74, 6) is -0.175. The van der Waals surface area contributed by atoms with Gasteiger partial charge in [-0.2, -0.15) is 5.10 Å². The maximum atomic E-state index is 14.2. The number of hydrogen-bond acceptors (Lipinski definition) is 8. The Kier molecular flexibility index (Phi) is 5.93. The summed E-state index contributed by atoms with van der Waals surface area (Å²) in [5, 5.41) is 13.0. The van der Waals surface area contributed by atoms with Gasteiger partial charge >= 0.3 is 0 Å². The molecule has 32 heavy (non-hydrogen) atoms. The number of nitrogens with zero attached hydrogens (tertiary/aromatic N) is 5. The van der Waals surface area contributed by atoms with Crippen LogP contribution in [0.5, 0.6) is 0 Å². The molecule has 0 fully saturated rings. The molecular formula is C22H22FN7O2. The molecule has 1 atom stereocenters. The highest BCUT2D eigenvalue weighted by Gasteiger charge is 2.32. The minimum Gasteiger partial charge on any atom is -0.382 e. The van der Waals surface area contributed by atoms with E-state index in [2.05, 4.69) is 25.5 Å². The van der Waals surface area contributed by atoms with Crippen LogP contribution in [0.2, 0.25) is 0 Å². The highest BCUT2D eigenvalue weighted by Crippen LogP contribution is 2.33. The second-order valence-electron chi connectivity index (χ2n) is 7.58. The number of hydrogen-bond donors (Lipinski definition) is 2. The largest absolute Gasteiger partial charge is 0.382 e. The third-order valence-electron chi connectivity index (χ3n) is 4.84. The van der Waals surface area contributed by atoms with Crippen molar-refractivity contribution >= 4 is 23.1 Å². The van der Waals surface area contributed by atoms with E-state index in [4.69, 9.17) is 10.3 Å². The minimum absolute atomic E-state index is 0.124. The van der Waals surface area contributed by atoms with Crippen molar-refractivity contribution in [1.29, 1.82) is 0 Å². The maximum Gasteiger partial charge on any atom is 0.248 e. The van der Waals surface area contributed by atoms with Crippen molar-refractivity contribution in [1.82, 2.24) is 20.1 Å². The van der Waals surface area contributed by atoms with Gasteiger partial charge in [0, 0.05) is 24.1 Å². The SMILES string of the molecule is CC(C)=CC(=O)Nc1cnc(C2=NN(Cc3ccccc3F)C(c3ccon3)C2)nc1N. The molecule has 1 amide bonds. The van der Waals surface area contributed by atoms with Gasteiger partial charge in [0.2, 0.25) is 5.91 Å². The molecule has 1 aliphatic heterocycles. The quantitative estimate of drug-likeness (QED) is 0.569. The van der Waals surface area contributed by atoms with Gasteiger partial charge in [0.15, 0.2) is 11.6 Å². The predicted molar refractivity (Wildman–Crippen MR) is 117 cm³/mol. The fourth-order valence-corrected chi connectivity index (χ4v) is 3.35. The normalized spacial score (nSPS) is 15.4. The van der Waals surface area contributed by atoms with E-state index in [1.807, 2.05) is 13.8 Å². The number of nitrogens with two attached hydrogens (primary N) is 1. The van der Waals surface area contributed by atoms with Crippen molar-refractivity contribution in [3.05, 3.63) is 77.3 Å². The average Bonchev–Trinajstić information content (AvgIpc) is 3.40. The smallest absolute Gasteiger partial charge is 0.248 e. The van der Waals surface area contributed by atoms with Crippen molar-refractivity contribution < 1.29 is 13.7 Å². The number of nitrogen functional groups attached to an aromatic ring is 1. The van der Waals surface area contributed by atoms with Crippen LogP contribution in [-0.2, 0) is 11.3 Å². The monoisotopic (exact) mass is 435 g/mol. The fourth-order valence-electron chi connectivity index (χ4n) is 3.35.